The summed E-state index contributed by atoms with van der Waals surface area (Å²) in [4.78, 5) is 27.4. The van der Waals surface area contributed by atoms with Gasteiger partial charge in [0.05, 0.1) is 30.8 Å². The Kier molecular flexibility index (Phi) is 6.32. The van der Waals surface area contributed by atoms with Gasteiger partial charge in [-0.15, -0.1) is 0 Å². The minimum atomic E-state index is -0.503. The normalized spacial score (nSPS) is 15.5. The second kappa shape index (κ2) is 9.32. The van der Waals surface area contributed by atoms with Gasteiger partial charge in [-0.2, -0.15) is 0 Å². The van der Waals surface area contributed by atoms with Gasteiger partial charge in [0.2, 0.25) is 11.8 Å². The number of carbonyl (C=O) groups is 2. The molecule has 0 aromatic heterocycles. The van der Waals surface area contributed by atoms with E-state index in [2.05, 4.69) is 5.32 Å². The second-order valence-electron chi connectivity index (χ2n) is 7.46. The van der Waals surface area contributed by atoms with Crippen molar-refractivity contribution in [2.75, 3.05) is 31.0 Å². The molecule has 1 heterocycles. The number of methoxy groups -OCH3 is 2. The molecule has 0 saturated carbocycles. The van der Waals surface area contributed by atoms with Crippen LogP contribution in [-0.4, -0.2) is 32.6 Å². The van der Waals surface area contributed by atoms with Crippen molar-refractivity contribution in [1.82, 2.24) is 0 Å². The van der Waals surface area contributed by atoms with Crippen LogP contribution in [-0.2, 0) is 9.59 Å². The number of ether oxygens (including phenoxy) is 2. The van der Waals surface area contributed by atoms with Crippen molar-refractivity contribution in [3.63, 3.8) is 0 Å². The first-order chi connectivity index (χ1) is 15.5. The van der Waals surface area contributed by atoms with Crippen molar-refractivity contribution in [3.8, 4) is 22.6 Å². The van der Waals surface area contributed by atoms with Crippen molar-refractivity contribution in [3.05, 3.63) is 71.8 Å². The van der Waals surface area contributed by atoms with Gasteiger partial charge in [0.15, 0.2) is 0 Å². The number of nitrogens with one attached hydrogen (secondary N) is 1. The number of amides is 2. The predicted octanol–water partition coefficient (Wildman–Crippen LogP) is 5.02. The summed E-state index contributed by atoms with van der Waals surface area (Å²) in [5.41, 5.74) is 3.15. The lowest BCUT2D eigenvalue weighted by Gasteiger charge is -2.21. The van der Waals surface area contributed by atoms with E-state index >= 15 is 0 Å². The highest BCUT2D eigenvalue weighted by molar-refractivity contribution is 6.32. The summed E-state index contributed by atoms with van der Waals surface area (Å²) in [6, 6.07) is 20.7. The Balaban J connectivity index is 1.55. The number of hydrogen-bond donors (Lipinski definition) is 1. The molecule has 1 aliphatic heterocycles. The van der Waals surface area contributed by atoms with Crippen molar-refractivity contribution in [1.29, 1.82) is 0 Å². The van der Waals surface area contributed by atoms with E-state index in [-0.39, 0.29) is 24.8 Å². The van der Waals surface area contributed by atoms with Gasteiger partial charge in [-0.1, -0.05) is 60.1 Å². The average Bonchev–Trinajstić information content (AvgIpc) is 3.21. The zero-order chi connectivity index (χ0) is 22.7. The maximum atomic E-state index is 13.1. The quantitative estimate of drug-likeness (QED) is 0.572. The monoisotopic (exact) mass is 450 g/mol. The molecule has 1 unspecified atom stereocenters. The summed E-state index contributed by atoms with van der Waals surface area (Å²) in [5, 5.41) is 3.37. The third-order valence-electron chi connectivity index (χ3n) is 5.51. The third-order valence-corrected chi connectivity index (χ3v) is 5.81. The standard InChI is InChI=1S/C25H23ClN2O4/c1-31-22-14-23(32-2)21(13-19(22)26)28-15-17(12-24(28)29)25(30)27-20-11-7-6-10-18(20)16-8-4-3-5-9-16/h3-11,13-14,17H,12,15H2,1-2H3,(H,27,30). The molecule has 1 N–H and O–H groups in total. The number of nitrogens with zero attached hydrogens (tertiary/aromatic N) is 1. The zero-order valence-corrected chi connectivity index (χ0v) is 18.6. The summed E-state index contributed by atoms with van der Waals surface area (Å²) in [5.74, 6) is 0.0292. The number of carbonyl (C=O) groups excluding carboxylic acids is 2. The Labute approximate surface area is 191 Å². The number of benzene rings is 3. The Morgan fingerprint density at radius 2 is 1.69 bits per heavy atom. The summed E-state index contributed by atoms with van der Waals surface area (Å²) < 4.78 is 10.7. The first-order valence-corrected chi connectivity index (χ1v) is 10.6. The Morgan fingerprint density at radius 3 is 2.41 bits per heavy atom. The molecule has 4 rings (SSSR count). The van der Waals surface area contributed by atoms with Crippen molar-refractivity contribution in [2.24, 2.45) is 5.92 Å². The maximum absolute atomic E-state index is 13.1. The van der Waals surface area contributed by atoms with Crippen molar-refractivity contribution < 1.29 is 19.1 Å². The SMILES string of the molecule is COc1cc(OC)c(N2CC(C(=O)Nc3ccccc3-c3ccccc3)CC2=O)cc1Cl. The lowest BCUT2D eigenvalue weighted by molar-refractivity contribution is -0.122. The molecule has 7 heteroatoms. The summed E-state index contributed by atoms with van der Waals surface area (Å²) in [7, 11) is 3.02. The number of hydrogen-bond acceptors (Lipinski definition) is 4. The molecule has 1 saturated heterocycles. The fraction of sp³-hybridized carbons (Fsp3) is 0.200. The minimum Gasteiger partial charge on any atom is -0.495 e. The van der Waals surface area contributed by atoms with Crippen LogP contribution in [0.2, 0.25) is 5.02 Å². The molecule has 3 aromatic carbocycles. The minimum absolute atomic E-state index is 0.103. The molecule has 6 nitrogen and oxygen atoms in total. The smallest absolute Gasteiger partial charge is 0.229 e. The highest BCUT2D eigenvalue weighted by Gasteiger charge is 2.37. The molecule has 0 spiro atoms. The lowest BCUT2D eigenvalue weighted by atomic mass is 10.0. The summed E-state index contributed by atoms with van der Waals surface area (Å²) in [6.45, 7) is 0.233. The molecule has 1 aliphatic rings. The summed E-state index contributed by atoms with van der Waals surface area (Å²) in [6.07, 6.45) is 0.103. The van der Waals surface area contributed by atoms with Gasteiger partial charge in [0, 0.05) is 30.3 Å². The van der Waals surface area contributed by atoms with E-state index in [1.54, 1.807) is 12.1 Å². The van der Waals surface area contributed by atoms with Crippen molar-refractivity contribution >= 4 is 34.8 Å². The molecule has 32 heavy (non-hydrogen) atoms. The lowest BCUT2D eigenvalue weighted by Crippen LogP contribution is -2.28. The predicted molar refractivity (Wildman–Crippen MR) is 126 cm³/mol. The number of rotatable bonds is 6. The molecular weight excluding hydrogens is 428 g/mol. The number of anilines is 2. The first kappa shape index (κ1) is 21.7. The first-order valence-electron chi connectivity index (χ1n) is 10.2. The third kappa shape index (κ3) is 4.27. The van der Waals surface area contributed by atoms with Crippen LogP contribution in [0.1, 0.15) is 6.42 Å². The van der Waals surface area contributed by atoms with Crippen LogP contribution in [0.15, 0.2) is 66.7 Å². The molecule has 3 aromatic rings. The molecule has 2 amide bonds. The fourth-order valence-corrected chi connectivity index (χ4v) is 4.10. The van der Waals surface area contributed by atoms with Crippen molar-refractivity contribution in [2.45, 2.75) is 6.42 Å². The molecule has 1 atom stereocenters. The van der Waals surface area contributed by atoms with Crippen LogP contribution in [0.3, 0.4) is 0 Å². The van der Waals surface area contributed by atoms with Crippen LogP contribution in [0.5, 0.6) is 11.5 Å². The highest BCUT2D eigenvalue weighted by atomic mass is 35.5. The largest absolute Gasteiger partial charge is 0.495 e. The molecule has 0 radical (unpaired) electrons. The van der Waals surface area contributed by atoms with E-state index in [0.717, 1.165) is 11.1 Å². The van der Waals surface area contributed by atoms with Gasteiger partial charge in [-0.25, -0.2) is 0 Å². The van der Waals surface area contributed by atoms with E-state index in [0.29, 0.717) is 27.9 Å². The van der Waals surface area contributed by atoms with E-state index in [1.165, 1.54) is 19.1 Å². The van der Waals surface area contributed by atoms with Crippen LogP contribution in [0, 0.1) is 5.92 Å². The zero-order valence-electron chi connectivity index (χ0n) is 17.8. The Morgan fingerprint density at radius 1 is 1.00 bits per heavy atom. The van der Waals surface area contributed by atoms with Crippen LogP contribution >= 0.6 is 11.6 Å². The van der Waals surface area contributed by atoms with Gasteiger partial charge in [0.25, 0.3) is 0 Å². The van der Waals surface area contributed by atoms with Crippen LogP contribution < -0.4 is 19.7 Å². The van der Waals surface area contributed by atoms with Gasteiger partial charge in [-0.3, -0.25) is 9.59 Å². The van der Waals surface area contributed by atoms with Crippen LogP contribution in [0.4, 0.5) is 11.4 Å². The molecule has 0 bridgehead atoms. The van der Waals surface area contributed by atoms with Gasteiger partial charge < -0.3 is 19.7 Å². The van der Waals surface area contributed by atoms with Gasteiger partial charge in [0.1, 0.15) is 11.5 Å². The Hall–Kier alpha value is -3.51. The van der Waals surface area contributed by atoms with Crippen LogP contribution in [0.25, 0.3) is 11.1 Å². The van der Waals surface area contributed by atoms with E-state index in [1.807, 2.05) is 54.6 Å². The Bertz CT molecular complexity index is 1150. The van der Waals surface area contributed by atoms with E-state index in [4.69, 9.17) is 21.1 Å². The maximum Gasteiger partial charge on any atom is 0.229 e. The highest BCUT2D eigenvalue weighted by Crippen LogP contribution is 2.40. The fourth-order valence-electron chi connectivity index (χ4n) is 3.87. The second-order valence-corrected chi connectivity index (χ2v) is 7.87. The van der Waals surface area contributed by atoms with E-state index in [9.17, 15) is 9.59 Å². The summed E-state index contributed by atoms with van der Waals surface area (Å²) >= 11 is 6.27. The van der Waals surface area contributed by atoms with E-state index < -0.39 is 5.92 Å². The molecule has 0 aliphatic carbocycles. The number of para-hydroxylation sites is 1. The molecule has 164 valence electrons. The topological polar surface area (TPSA) is 67.9 Å². The molecular formula is C25H23ClN2O4. The number of halogens is 1. The molecule has 1 fully saturated rings. The average molecular weight is 451 g/mol. The van der Waals surface area contributed by atoms with Gasteiger partial charge in [-0.05, 0) is 17.7 Å². The van der Waals surface area contributed by atoms with Gasteiger partial charge >= 0.3 is 0 Å².